The van der Waals surface area contributed by atoms with Gasteiger partial charge in [0, 0.05) is 11.8 Å². The summed E-state index contributed by atoms with van der Waals surface area (Å²) in [5.41, 5.74) is -2.72. The van der Waals surface area contributed by atoms with Crippen molar-refractivity contribution in [3.05, 3.63) is 60.3 Å². The fourth-order valence-corrected chi connectivity index (χ4v) is 2.15. The summed E-state index contributed by atoms with van der Waals surface area (Å²) in [5, 5.41) is 4.30. The molecule has 0 saturated heterocycles. The van der Waals surface area contributed by atoms with Gasteiger partial charge < -0.3 is 10.6 Å². The minimum absolute atomic E-state index is 0.0990. The topological polar surface area (TPSA) is 66.4 Å². The summed E-state index contributed by atoms with van der Waals surface area (Å²) in [5.74, 6) is -1.54. The number of nitrogens with zero attached hydrogens (tertiary/aromatic N) is 2. The SMILES string of the molecule is O=C1NC(c2ccccc2)=NC1(Nc1ccccn1)C(F)(F)F. The van der Waals surface area contributed by atoms with Crippen molar-refractivity contribution in [1.82, 2.24) is 10.3 Å². The van der Waals surface area contributed by atoms with Gasteiger partial charge in [0.05, 0.1) is 0 Å². The highest BCUT2D eigenvalue weighted by Gasteiger charge is 2.64. The Morgan fingerprint density at radius 3 is 2.35 bits per heavy atom. The summed E-state index contributed by atoms with van der Waals surface area (Å²) < 4.78 is 40.7. The van der Waals surface area contributed by atoms with Crippen molar-refractivity contribution in [1.29, 1.82) is 0 Å². The maximum absolute atomic E-state index is 13.6. The maximum Gasteiger partial charge on any atom is 0.442 e. The number of hydrogen-bond acceptors (Lipinski definition) is 4. The Morgan fingerprint density at radius 2 is 1.74 bits per heavy atom. The lowest BCUT2D eigenvalue weighted by Crippen LogP contribution is -2.57. The number of rotatable bonds is 3. The Morgan fingerprint density at radius 1 is 1.04 bits per heavy atom. The molecule has 5 nitrogen and oxygen atoms in total. The highest BCUT2D eigenvalue weighted by Crippen LogP contribution is 2.37. The van der Waals surface area contributed by atoms with Crippen molar-refractivity contribution in [2.75, 3.05) is 5.32 Å². The molecule has 0 aliphatic carbocycles. The highest BCUT2D eigenvalue weighted by molar-refractivity contribution is 6.16. The molecular formula is C15H11F3N4O. The minimum atomic E-state index is -4.94. The van der Waals surface area contributed by atoms with E-state index in [0.29, 0.717) is 5.56 Å². The maximum atomic E-state index is 13.6. The van der Waals surface area contributed by atoms with Gasteiger partial charge in [-0.15, -0.1) is 0 Å². The smallest absolute Gasteiger partial charge is 0.331 e. The normalized spacial score (nSPS) is 20.8. The zero-order chi connectivity index (χ0) is 16.5. The number of anilines is 1. The lowest BCUT2D eigenvalue weighted by molar-refractivity contribution is -0.181. The predicted molar refractivity (Wildman–Crippen MR) is 77.8 cm³/mol. The van der Waals surface area contributed by atoms with Gasteiger partial charge >= 0.3 is 11.8 Å². The predicted octanol–water partition coefficient (Wildman–Crippen LogP) is 2.33. The monoisotopic (exact) mass is 320 g/mol. The number of pyridine rings is 1. The first-order chi connectivity index (χ1) is 10.9. The third-order valence-electron chi connectivity index (χ3n) is 3.27. The number of alkyl halides is 3. The van der Waals surface area contributed by atoms with Crippen LogP contribution in [-0.2, 0) is 4.79 Å². The van der Waals surface area contributed by atoms with Crippen molar-refractivity contribution >= 4 is 17.6 Å². The molecule has 2 N–H and O–H groups in total. The van der Waals surface area contributed by atoms with E-state index >= 15 is 0 Å². The average molecular weight is 320 g/mol. The summed E-state index contributed by atoms with van der Waals surface area (Å²) in [6.07, 6.45) is -3.62. The molecule has 1 aliphatic rings. The number of amides is 1. The van der Waals surface area contributed by atoms with Crippen molar-refractivity contribution in [2.24, 2.45) is 4.99 Å². The van der Waals surface area contributed by atoms with Crippen LogP contribution in [0.25, 0.3) is 0 Å². The van der Waals surface area contributed by atoms with E-state index in [1.807, 2.05) is 0 Å². The van der Waals surface area contributed by atoms with Crippen LogP contribution < -0.4 is 10.6 Å². The van der Waals surface area contributed by atoms with Gasteiger partial charge in [-0.05, 0) is 12.1 Å². The molecule has 1 amide bonds. The van der Waals surface area contributed by atoms with Gasteiger partial charge in [0.15, 0.2) is 0 Å². The van der Waals surface area contributed by atoms with E-state index in [1.54, 1.807) is 36.4 Å². The van der Waals surface area contributed by atoms with Crippen LogP contribution in [0, 0.1) is 0 Å². The number of carbonyl (C=O) groups is 1. The molecule has 1 aromatic heterocycles. The molecule has 3 rings (SSSR count). The molecule has 0 fully saturated rings. The van der Waals surface area contributed by atoms with E-state index in [2.05, 4.69) is 20.6 Å². The number of halogens is 3. The van der Waals surface area contributed by atoms with Crippen molar-refractivity contribution in [3.63, 3.8) is 0 Å². The summed E-state index contributed by atoms with van der Waals surface area (Å²) >= 11 is 0. The van der Waals surface area contributed by atoms with Crippen molar-refractivity contribution in [3.8, 4) is 0 Å². The van der Waals surface area contributed by atoms with Gasteiger partial charge in [0.2, 0.25) is 0 Å². The quantitative estimate of drug-likeness (QED) is 0.912. The van der Waals surface area contributed by atoms with Gasteiger partial charge in [-0.25, -0.2) is 9.98 Å². The van der Waals surface area contributed by atoms with Gasteiger partial charge in [0.1, 0.15) is 11.7 Å². The second-order valence-corrected chi connectivity index (χ2v) is 4.83. The number of hydrogen-bond donors (Lipinski definition) is 2. The first-order valence-corrected chi connectivity index (χ1v) is 6.65. The van der Waals surface area contributed by atoms with E-state index in [4.69, 9.17) is 0 Å². The van der Waals surface area contributed by atoms with Gasteiger partial charge in [-0.2, -0.15) is 13.2 Å². The van der Waals surface area contributed by atoms with Gasteiger partial charge in [-0.3, -0.25) is 4.79 Å². The Balaban J connectivity index is 2.06. The van der Waals surface area contributed by atoms with Crippen LogP contribution in [0.15, 0.2) is 59.7 Å². The number of nitrogens with one attached hydrogen (secondary N) is 2. The highest BCUT2D eigenvalue weighted by atomic mass is 19.4. The molecule has 0 saturated carbocycles. The zero-order valence-electron chi connectivity index (χ0n) is 11.6. The second kappa shape index (κ2) is 5.38. The molecule has 1 aliphatic heterocycles. The third-order valence-corrected chi connectivity index (χ3v) is 3.27. The lowest BCUT2D eigenvalue weighted by Gasteiger charge is -2.27. The average Bonchev–Trinajstić information content (AvgIpc) is 2.87. The summed E-state index contributed by atoms with van der Waals surface area (Å²) in [4.78, 5) is 19.5. The van der Waals surface area contributed by atoms with Crippen LogP contribution in [0.2, 0.25) is 0 Å². The second-order valence-electron chi connectivity index (χ2n) is 4.83. The number of aromatic nitrogens is 1. The molecule has 1 atom stereocenters. The van der Waals surface area contributed by atoms with Crippen molar-refractivity contribution < 1.29 is 18.0 Å². The summed E-state index contributed by atoms with van der Waals surface area (Å²) in [7, 11) is 0. The van der Waals surface area contributed by atoms with Crippen LogP contribution in [0.3, 0.4) is 0 Å². The molecule has 0 radical (unpaired) electrons. The van der Waals surface area contributed by atoms with Gasteiger partial charge in [-0.1, -0.05) is 36.4 Å². The van der Waals surface area contributed by atoms with E-state index < -0.39 is 17.7 Å². The Kier molecular flexibility index (Phi) is 3.51. The molecule has 2 aromatic rings. The van der Waals surface area contributed by atoms with E-state index in [9.17, 15) is 18.0 Å². The lowest BCUT2D eigenvalue weighted by atomic mass is 10.1. The van der Waals surface area contributed by atoms with Crippen LogP contribution in [0.1, 0.15) is 5.56 Å². The molecule has 1 aromatic carbocycles. The van der Waals surface area contributed by atoms with Crippen molar-refractivity contribution in [2.45, 2.75) is 11.8 Å². The Labute approximate surface area is 129 Å². The van der Waals surface area contributed by atoms with Crippen LogP contribution >= 0.6 is 0 Å². The third kappa shape index (κ3) is 2.63. The largest absolute Gasteiger partial charge is 0.442 e. The molecule has 0 bridgehead atoms. The molecule has 23 heavy (non-hydrogen) atoms. The number of aliphatic imine (C=N–C) groups is 1. The fourth-order valence-electron chi connectivity index (χ4n) is 2.15. The molecule has 1 unspecified atom stereocenters. The fraction of sp³-hybridized carbons (Fsp3) is 0.133. The zero-order valence-corrected chi connectivity index (χ0v) is 11.6. The van der Waals surface area contributed by atoms with Crippen LogP contribution in [0.5, 0.6) is 0 Å². The first kappa shape index (κ1) is 15.0. The first-order valence-electron chi connectivity index (χ1n) is 6.65. The number of amidine groups is 1. The molecule has 2 heterocycles. The van der Waals surface area contributed by atoms with E-state index in [-0.39, 0.29) is 11.7 Å². The summed E-state index contributed by atoms with van der Waals surface area (Å²) in [6.45, 7) is 0. The van der Waals surface area contributed by atoms with Crippen LogP contribution in [0.4, 0.5) is 19.0 Å². The Hall–Kier alpha value is -2.90. The number of benzene rings is 1. The standard InChI is InChI=1S/C15H11F3N4O/c16-15(17,18)14(21-11-8-4-5-9-19-11)13(23)20-12(22-14)10-6-2-1-3-7-10/h1-9H,(H,19,21)(H,20,22,23). The molecule has 0 spiro atoms. The molecule has 118 valence electrons. The molecular weight excluding hydrogens is 309 g/mol. The minimum Gasteiger partial charge on any atom is -0.331 e. The summed E-state index contributed by atoms with van der Waals surface area (Å²) in [6, 6.07) is 12.5. The van der Waals surface area contributed by atoms with Crippen LogP contribution in [-0.4, -0.2) is 28.6 Å². The number of carbonyl (C=O) groups excluding carboxylic acids is 1. The van der Waals surface area contributed by atoms with Gasteiger partial charge in [0.25, 0.3) is 5.91 Å². The van der Waals surface area contributed by atoms with E-state index in [0.717, 1.165) is 0 Å². The molecule has 8 heteroatoms. The Bertz CT molecular complexity index is 746. The van der Waals surface area contributed by atoms with E-state index in [1.165, 1.54) is 18.3 Å².